The van der Waals surface area contributed by atoms with Crippen LogP contribution in [0.4, 0.5) is 4.79 Å². The molecule has 1 fully saturated rings. The maximum absolute atomic E-state index is 12.1. The third-order valence-corrected chi connectivity index (χ3v) is 2.75. The maximum atomic E-state index is 12.1. The molecule has 0 bridgehead atoms. The van der Waals surface area contributed by atoms with Gasteiger partial charge in [0, 0.05) is 6.54 Å². The fourth-order valence-corrected chi connectivity index (χ4v) is 2.00. The van der Waals surface area contributed by atoms with Gasteiger partial charge in [-0.25, -0.2) is 9.59 Å². The van der Waals surface area contributed by atoms with Gasteiger partial charge in [0.15, 0.2) is 0 Å². The summed E-state index contributed by atoms with van der Waals surface area (Å²) in [7, 11) is 0. The number of likely N-dealkylation sites (tertiary alicyclic amines) is 1. The highest BCUT2D eigenvalue weighted by Gasteiger charge is 2.36. The van der Waals surface area contributed by atoms with Crippen molar-refractivity contribution in [3.05, 3.63) is 0 Å². The summed E-state index contributed by atoms with van der Waals surface area (Å²) in [6.07, 6.45) is 0.881. The SMILES string of the molecule is NC(=O)CN(CC(N)=O)C(=O)N1CCCC1C(=O)O. The van der Waals surface area contributed by atoms with Crippen LogP contribution in [0, 0.1) is 0 Å². The average molecular weight is 272 g/mol. The summed E-state index contributed by atoms with van der Waals surface area (Å²) in [5.74, 6) is -2.73. The van der Waals surface area contributed by atoms with Gasteiger partial charge in [-0.15, -0.1) is 0 Å². The van der Waals surface area contributed by atoms with E-state index in [-0.39, 0.29) is 6.54 Å². The number of hydrogen-bond acceptors (Lipinski definition) is 4. The summed E-state index contributed by atoms with van der Waals surface area (Å²) >= 11 is 0. The number of carbonyl (C=O) groups is 4. The number of rotatable bonds is 5. The Labute approximate surface area is 109 Å². The van der Waals surface area contributed by atoms with E-state index < -0.39 is 42.9 Å². The predicted molar refractivity (Wildman–Crippen MR) is 62.7 cm³/mol. The molecular weight excluding hydrogens is 256 g/mol. The van der Waals surface area contributed by atoms with Crippen LogP contribution in [0.25, 0.3) is 0 Å². The molecule has 0 aromatic heterocycles. The molecule has 1 saturated heterocycles. The monoisotopic (exact) mass is 272 g/mol. The number of aliphatic carboxylic acids is 1. The third kappa shape index (κ3) is 3.83. The van der Waals surface area contributed by atoms with E-state index in [2.05, 4.69) is 0 Å². The van der Waals surface area contributed by atoms with Gasteiger partial charge in [0.2, 0.25) is 11.8 Å². The van der Waals surface area contributed by atoms with Crippen molar-refractivity contribution in [1.29, 1.82) is 0 Å². The molecule has 0 spiro atoms. The largest absolute Gasteiger partial charge is 0.480 e. The molecule has 0 aromatic rings. The second-order valence-corrected chi connectivity index (χ2v) is 4.26. The Bertz CT molecular complexity index is 395. The fourth-order valence-electron chi connectivity index (χ4n) is 2.00. The lowest BCUT2D eigenvalue weighted by Gasteiger charge is -2.28. The van der Waals surface area contributed by atoms with Crippen LogP contribution in [0.3, 0.4) is 0 Å². The van der Waals surface area contributed by atoms with Crippen molar-refractivity contribution in [1.82, 2.24) is 9.80 Å². The summed E-state index contributed by atoms with van der Waals surface area (Å²) in [6.45, 7) is -0.709. The first-order chi connectivity index (χ1) is 8.82. The number of urea groups is 1. The lowest BCUT2D eigenvalue weighted by Crippen LogP contribution is -2.52. The van der Waals surface area contributed by atoms with Crippen molar-refractivity contribution in [2.45, 2.75) is 18.9 Å². The van der Waals surface area contributed by atoms with Gasteiger partial charge in [0.05, 0.1) is 0 Å². The van der Waals surface area contributed by atoms with E-state index in [1.807, 2.05) is 0 Å². The Morgan fingerprint density at radius 3 is 2.11 bits per heavy atom. The summed E-state index contributed by atoms with van der Waals surface area (Å²) in [6, 6.07) is -1.67. The molecule has 1 rings (SSSR count). The molecule has 19 heavy (non-hydrogen) atoms. The summed E-state index contributed by atoms with van der Waals surface area (Å²) in [5, 5.41) is 8.98. The molecule has 1 aliphatic heterocycles. The van der Waals surface area contributed by atoms with Crippen LogP contribution < -0.4 is 11.5 Å². The van der Waals surface area contributed by atoms with Crippen LogP contribution in [0.5, 0.6) is 0 Å². The Hall–Kier alpha value is -2.32. The lowest BCUT2D eigenvalue weighted by molar-refractivity contribution is -0.141. The molecule has 9 nitrogen and oxygen atoms in total. The smallest absolute Gasteiger partial charge is 0.326 e. The molecule has 4 amide bonds. The van der Waals surface area contributed by atoms with Crippen molar-refractivity contribution < 1.29 is 24.3 Å². The number of carbonyl (C=O) groups excluding carboxylic acids is 3. The van der Waals surface area contributed by atoms with Gasteiger partial charge < -0.3 is 26.4 Å². The van der Waals surface area contributed by atoms with Crippen LogP contribution in [-0.4, -0.2) is 64.4 Å². The van der Waals surface area contributed by atoms with Crippen molar-refractivity contribution >= 4 is 23.8 Å². The molecule has 9 heteroatoms. The zero-order valence-corrected chi connectivity index (χ0v) is 10.2. The van der Waals surface area contributed by atoms with Gasteiger partial charge in [0.1, 0.15) is 19.1 Å². The minimum atomic E-state index is -1.12. The van der Waals surface area contributed by atoms with Crippen molar-refractivity contribution in [2.24, 2.45) is 11.5 Å². The second kappa shape index (κ2) is 6.03. The highest BCUT2D eigenvalue weighted by molar-refractivity contribution is 5.89. The van der Waals surface area contributed by atoms with E-state index in [4.69, 9.17) is 16.6 Å². The molecule has 1 heterocycles. The molecule has 106 valence electrons. The summed E-state index contributed by atoms with van der Waals surface area (Å²) < 4.78 is 0. The molecule has 0 radical (unpaired) electrons. The van der Waals surface area contributed by atoms with Crippen LogP contribution in [0.15, 0.2) is 0 Å². The zero-order chi connectivity index (χ0) is 14.6. The quantitative estimate of drug-likeness (QED) is 0.526. The minimum Gasteiger partial charge on any atom is -0.480 e. The van der Waals surface area contributed by atoms with E-state index in [9.17, 15) is 19.2 Å². The summed E-state index contributed by atoms with van der Waals surface area (Å²) in [4.78, 5) is 46.8. The third-order valence-electron chi connectivity index (χ3n) is 2.75. The van der Waals surface area contributed by atoms with Crippen molar-refractivity contribution in [2.75, 3.05) is 19.6 Å². The molecule has 5 N–H and O–H groups in total. The zero-order valence-electron chi connectivity index (χ0n) is 10.2. The first-order valence-electron chi connectivity index (χ1n) is 5.68. The van der Waals surface area contributed by atoms with Crippen LogP contribution in [0.1, 0.15) is 12.8 Å². The standard InChI is InChI=1S/C10H16N4O5/c11-7(15)4-13(5-8(12)16)10(19)14-3-1-2-6(14)9(17)18/h6H,1-5H2,(H2,11,15)(H2,12,16)(H,17,18). The van der Waals surface area contributed by atoms with Gasteiger partial charge in [-0.05, 0) is 12.8 Å². The number of carboxylic acids is 1. The van der Waals surface area contributed by atoms with Crippen molar-refractivity contribution in [3.63, 3.8) is 0 Å². The Morgan fingerprint density at radius 1 is 1.16 bits per heavy atom. The predicted octanol–water partition coefficient (Wildman–Crippen LogP) is -2.07. The van der Waals surface area contributed by atoms with E-state index in [0.717, 1.165) is 9.80 Å². The highest BCUT2D eigenvalue weighted by Crippen LogP contribution is 2.19. The Morgan fingerprint density at radius 2 is 1.68 bits per heavy atom. The fraction of sp³-hybridized carbons (Fsp3) is 0.600. The van der Waals surface area contributed by atoms with E-state index in [1.54, 1.807) is 0 Å². The van der Waals surface area contributed by atoms with Crippen LogP contribution >= 0.6 is 0 Å². The second-order valence-electron chi connectivity index (χ2n) is 4.26. The molecule has 0 aliphatic carbocycles. The van der Waals surface area contributed by atoms with E-state index in [0.29, 0.717) is 12.8 Å². The van der Waals surface area contributed by atoms with E-state index in [1.165, 1.54) is 0 Å². The van der Waals surface area contributed by atoms with Gasteiger partial charge >= 0.3 is 12.0 Å². The number of carboxylic acid groups (broad SMARTS) is 1. The molecule has 1 aliphatic rings. The first kappa shape index (κ1) is 14.7. The average Bonchev–Trinajstić information content (AvgIpc) is 2.74. The van der Waals surface area contributed by atoms with Gasteiger partial charge in [0.25, 0.3) is 0 Å². The molecule has 1 atom stereocenters. The number of amides is 4. The number of primary amides is 2. The number of hydrogen-bond donors (Lipinski definition) is 3. The highest BCUT2D eigenvalue weighted by atomic mass is 16.4. The van der Waals surface area contributed by atoms with Gasteiger partial charge in [-0.3, -0.25) is 9.59 Å². The minimum absolute atomic E-state index is 0.254. The lowest BCUT2D eigenvalue weighted by atomic mass is 10.2. The van der Waals surface area contributed by atoms with Gasteiger partial charge in [-0.2, -0.15) is 0 Å². The first-order valence-corrected chi connectivity index (χ1v) is 5.68. The topological polar surface area (TPSA) is 147 Å². The Kier molecular flexibility index (Phi) is 4.67. The number of nitrogens with two attached hydrogens (primary N) is 2. The molecule has 0 saturated carbocycles. The van der Waals surface area contributed by atoms with Crippen molar-refractivity contribution in [3.8, 4) is 0 Å². The van der Waals surface area contributed by atoms with Crippen LogP contribution in [-0.2, 0) is 14.4 Å². The van der Waals surface area contributed by atoms with Crippen LogP contribution in [0.2, 0.25) is 0 Å². The molecule has 1 unspecified atom stereocenters. The maximum Gasteiger partial charge on any atom is 0.326 e. The normalized spacial score (nSPS) is 18.1. The van der Waals surface area contributed by atoms with Gasteiger partial charge in [-0.1, -0.05) is 0 Å². The molecular formula is C10H16N4O5. The summed E-state index contributed by atoms with van der Waals surface area (Å²) in [5.41, 5.74) is 9.96. The number of nitrogens with zero attached hydrogens (tertiary/aromatic N) is 2. The molecule has 0 aromatic carbocycles. The van der Waals surface area contributed by atoms with E-state index >= 15 is 0 Å². The Balaban J connectivity index is 2.82.